The number of carbonyl (C=O) groups is 1. The van der Waals surface area contributed by atoms with Crippen LogP contribution in [0.25, 0.3) is 0 Å². The lowest BCUT2D eigenvalue weighted by Gasteiger charge is -2.29. The van der Waals surface area contributed by atoms with E-state index >= 15 is 0 Å². The average Bonchev–Trinajstić information content (AvgIpc) is 2.79. The number of anilines is 1. The molecule has 0 spiro atoms. The van der Waals surface area contributed by atoms with Gasteiger partial charge >= 0.3 is 5.97 Å². The molecule has 0 amide bonds. The fourth-order valence-corrected chi connectivity index (χ4v) is 4.54. The van der Waals surface area contributed by atoms with Crippen molar-refractivity contribution in [2.24, 2.45) is 17.1 Å². The Balaban J connectivity index is 2.14. The normalized spacial score (nSPS) is 13.0. The van der Waals surface area contributed by atoms with Crippen LogP contribution in [0.2, 0.25) is 0 Å². The summed E-state index contributed by atoms with van der Waals surface area (Å²) < 4.78 is 31.1. The van der Waals surface area contributed by atoms with E-state index in [4.69, 9.17) is 22.7 Å². The third-order valence-electron chi connectivity index (χ3n) is 6.14. The Morgan fingerprint density at radius 1 is 1.00 bits per heavy atom. The lowest BCUT2D eigenvalue weighted by atomic mass is 9.86. The number of nitrogens with one attached hydrogen (secondary N) is 1. The first-order valence-corrected chi connectivity index (χ1v) is 15.1. The third-order valence-corrected chi connectivity index (χ3v) is 7.01. The maximum absolute atomic E-state index is 12.5. The van der Waals surface area contributed by atoms with Crippen LogP contribution in [0.5, 0.6) is 0 Å². The van der Waals surface area contributed by atoms with E-state index in [2.05, 4.69) is 49.8 Å². The van der Waals surface area contributed by atoms with E-state index in [9.17, 15) is 13.2 Å². The molecule has 3 N–H and O–H groups in total. The summed E-state index contributed by atoms with van der Waals surface area (Å²) in [5, 5.41) is 0.255. The number of ether oxygens (including phenoxy) is 1. The van der Waals surface area contributed by atoms with Gasteiger partial charge in [0, 0.05) is 24.7 Å². The Morgan fingerprint density at radius 2 is 1.55 bits per heavy atom. The van der Waals surface area contributed by atoms with Crippen LogP contribution in [0.4, 0.5) is 5.69 Å². The van der Waals surface area contributed by atoms with Crippen LogP contribution in [-0.2, 0) is 37.9 Å². The smallest absolute Gasteiger partial charge is 0.311 e. The lowest BCUT2D eigenvalue weighted by molar-refractivity contribution is -0.154. The quantitative estimate of drug-likeness (QED) is 0.286. The Morgan fingerprint density at radius 3 is 2.03 bits per heavy atom. The second-order valence-corrected chi connectivity index (χ2v) is 14.2. The van der Waals surface area contributed by atoms with Gasteiger partial charge in [-0.1, -0.05) is 57.2 Å². The highest BCUT2D eigenvalue weighted by atomic mass is 32.2. The zero-order chi connectivity index (χ0) is 28.7. The van der Waals surface area contributed by atoms with Crippen molar-refractivity contribution in [2.45, 2.75) is 66.3 Å². The van der Waals surface area contributed by atoms with Gasteiger partial charge in [0.1, 0.15) is 0 Å². The summed E-state index contributed by atoms with van der Waals surface area (Å²) in [5.74, 6) is -0.232. The van der Waals surface area contributed by atoms with Crippen molar-refractivity contribution in [3.63, 3.8) is 0 Å². The standard InChI is InChI=1S/C29H43N3O4S2/c1-28(2,3)24-14-10-21(11-15-24)8-9-23(20-36-26(33)29(4,5)6)19-32(27(30)37)18-22-12-16-25(17-13-22)31-38(7,34)35/h10-17,23,31H,8-9,18-20H2,1-7H3,(H2,30,37). The van der Waals surface area contributed by atoms with Gasteiger partial charge in [0.2, 0.25) is 10.0 Å². The fraction of sp³-hybridized carbons (Fsp3) is 0.517. The lowest BCUT2D eigenvalue weighted by Crippen LogP contribution is -2.40. The van der Waals surface area contributed by atoms with Gasteiger partial charge in [-0.05, 0) is 80.1 Å². The number of thiocarbonyl (C=S) groups is 1. The second kappa shape index (κ2) is 12.9. The maximum Gasteiger partial charge on any atom is 0.311 e. The van der Waals surface area contributed by atoms with E-state index in [1.54, 1.807) is 12.1 Å². The van der Waals surface area contributed by atoms with Crippen LogP contribution in [0.1, 0.15) is 64.7 Å². The van der Waals surface area contributed by atoms with Crippen molar-refractivity contribution in [1.29, 1.82) is 0 Å². The Hall–Kier alpha value is -2.65. The molecule has 210 valence electrons. The zero-order valence-corrected chi connectivity index (χ0v) is 25.3. The van der Waals surface area contributed by atoms with Gasteiger partial charge in [-0.2, -0.15) is 0 Å². The van der Waals surface area contributed by atoms with Crippen LogP contribution in [0.3, 0.4) is 0 Å². The van der Waals surface area contributed by atoms with Crippen molar-refractivity contribution in [2.75, 3.05) is 24.1 Å². The van der Waals surface area contributed by atoms with Crippen molar-refractivity contribution in [1.82, 2.24) is 4.90 Å². The number of nitrogens with two attached hydrogens (primary N) is 1. The van der Waals surface area contributed by atoms with E-state index in [1.165, 1.54) is 11.1 Å². The van der Waals surface area contributed by atoms with Crippen LogP contribution in [0, 0.1) is 11.3 Å². The maximum atomic E-state index is 12.5. The third kappa shape index (κ3) is 11.0. The first-order valence-electron chi connectivity index (χ1n) is 12.8. The molecule has 0 saturated heterocycles. The number of carbonyl (C=O) groups excluding carboxylic acids is 1. The minimum absolute atomic E-state index is 0.0104. The Bertz CT molecular complexity index is 1180. The van der Waals surface area contributed by atoms with E-state index in [-0.39, 0.29) is 29.0 Å². The minimum atomic E-state index is -3.35. The number of rotatable bonds is 11. The number of nitrogens with zero attached hydrogens (tertiary/aromatic N) is 1. The molecule has 1 unspecified atom stereocenters. The van der Waals surface area contributed by atoms with Gasteiger partial charge in [-0.15, -0.1) is 0 Å². The topological polar surface area (TPSA) is 102 Å². The van der Waals surface area contributed by atoms with Crippen molar-refractivity contribution in [3.05, 3.63) is 65.2 Å². The molecule has 0 saturated carbocycles. The molecule has 1 atom stereocenters. The van der Waals surface area contributed by atoms with Crippen LogP contribution >= 0.6 is 12.2 Å². The molecular formula is C29H43N3O4S2. The predicted molar refractivity (Wildman–Crippen MR) is 159 cm³/mol. The van der Waals surface area contributed by atoms with Gasteiger partial charge in [0.25, 0.3) is 0 Å². The SMILES string of the molecule is CC(C)(C)C(=O)OCC(CCc1ccc(C(C)(C)C)cc1)CN(Cc1ccc(NS(C)(=O)=O)cc1)C(N)=S. The van der Waals surface area contributed by atoms with E-state index in [1.807, 2.05) is 37.8 Å². The van der Waals surface area contributed by atoms with Gasteiger partial charge in [-0.25, -0.2) is 8.42 Å². The number of benzene rings is 2. The van der Waals surface area contributed by atoms with Crippen molar-refractivity contribution >= 4 is 39.0 Å². The molecule has 0 bridgehead atoms. The molecule has 0 aliphatic heterocycles. The summed E-state index contributed by atoms with van der Waals surface area (Å²) in [6.45, 7) is 13.4. The number of aryl methyl sites for hydroxylation is 1. The summed E-state index contributed by atoms with van der Waals surface area (Å²) in [4.78, 5) is 14.4. The fourth-order valence-electron chi connectivity index (χ4n) is 3.84. The Kier molecular flexibility index (Phi) is 10.7. The molecule has 7 nitrogen and oxygen atoms in total. The average molecular weight is 562 g/mol. The summed E-state index contributed by atoms with van der Waals surface area (Å²) in [6, 6.07) is 15.8. The summed E-state index contributed by atoms with van der Waals surface area (Å²) in [6.07, 6.45) is 2.74. The molecule has 9 heteroatoms. The molecule has 2 aromatic rings. The van der Waals surface area contributed by atoms with Gasteiger partial charge in [0.15, 0.2) is 5.11 Å². The van der Waals surface area contributed by atoms with Crippen molar-refractivity contribution < 1.29 is 17.9 Å². The molecule has 0 radical (unpaired) electrons. The number of sulfonamides is 1. The largest absolute Gasteiger partial charge is 0.465 e. The van der Waals surface area contributed by atoms with Gasteiger partial charge in [-0.3, -0.25) is 9.52 Å². The highest BCUT2D eigenvalue weighted by Crippen LogP contribution is 2.24. The second-order valence-electron chi connectivity index (χ2n) is 12.0. The van der Waals surface area contributed by atoms with E-state index in [0.29, 0.717) is 18.8 Å². The number of hydrogen-bond donors (Lipinski definition) is 2. The highest BCUT2D eigenvalue weighted by molar-refractivity contribution is 7.92. The van der Waals surface area contributed by atoms with Crippen LogP contribution < -0.4 is 10.5 Å². The molecular weight excluding hydrogens is 518 g/mol. The first-order chi connectivity index (χ1) is 17.4. The molecule has 38 heavy (non-hydrogen) atoms. The van der Waals surface area contributed by atoms with Crippen LogP contribution in [-0.4, -0.2) is 43.8 Å². The molecule has 2 rings (SSSR count). The summed E-state index contributed by atoms with van der Waals surface area (Å²) in [5.41, 5.74) is 9.53. The molecule has 0 aromatic heterocycles. The zero-order valence-electron chi connectivity index (χ0n) is 23.7. The molecule has 0 aliphatic carbocycles. The minimum Gasteiger partial charge on any atom is -0.465 e. The molecule has 2 aromatic carbocycles. The highest BCUT2D eigenvalue weighted by Gasteiger charge is 2.25. The molecule has 0 heterocycles. The van der Waals surface area contributed by atoms with Gasteiger partial charge < -0.3 is 15.4 Å². The van der Waals surface area contributed by atoms with Crippen LogP contribution in [0.15, 0.2) is 48.5 Å². The monoisotopic (exact) mass is 561 g/mol. The molecule has 0 aliphatic rings. The predicted octanol–water partition coefficient (Wildman–Crippen LogP) is 5.24. The van der Waals surface area contributed by atoms with Gasteiger partial charge in [0.05, 0.1) is 18.3 Å². The van der Waals surface area contributed by atoms with E-state index in [0.717, 1.165) is 24.7 Å². The summed E-state index contributed by atoms with van der Waals surface area (Å²) >= 11 is 5.36. The van der Waals surface area contributed by atoms with E-state index < -0.39 is 15.4 Å². The summed E-state index contributed by atoms with van der Waals surface area (Å²) in [7, 11) is -3.35. The first kappa shape index (κ1) is 31.6. The molecule has 0 fully saturated rings. The van der Waals surface area contributed by atoms with Crippen molar-refractivity contribution in [3.8, 4) is 0 Å². The Labute approximate surface area is 234 Å². The number of esters is 1. The number of hydrogen-bond acceptors (Lipinski definition) is 5.